The number of amides is 1. The Bertz CT molecular complexity index is 711. The fraction of sp³-hybridized carbons (Fsp3) is 0.273. The molecule has 8 heteroatoms. The average Bonchev–Trinajstić information content (AvgIpc) is 3.06. The Morgan fingerprint density at radius 1 is 1.47 bits per heavy atom. The van der Waals surface area contributed by atoms with Gasteiger partial charge in [0, 0.05) is 31.5 Å². The maximum atomic E-state index is 11.9. The third kappa shape index (κ3) is 2.22. The van der Waals surface area contributed by atoms with E-state index in [9.17, 15) is 4.79 Å². The highest BCUT2D eigenvalue weighted by molar-refractivity contribution is 7.07. The van der Waals surface area contributed by atoms with Crippen LogP contribution < -0.4 is 5.32 Å². The molecule has 0 aliphatic heterocycles. The zero-order valence-electron chi connectivity index (χ0n) is 10.3. The lowest BCUT2D eigenvalue weighted by atomic mass is 10.4. The summed E-state index contributed by atoms with van der Waals surface area (Å²) >= 11 is 1.12. The molecular formula is C11H12N6OS. The van der Waals surface area contributed by atoms with Crippen LogP contribution in [0.3, 0.4) is 0 Å². The second-order valence-corrected chi connectivity index (χ2v) is 4.82. The summed E-state index contributed by atoms with van der Waals surface area (Å²) in [6.45, 7) is 3.02. The zero-order valence-corrected chi connectivity index (χ0v) is 11.1. The minimum absolute atomic E-state index is 0.121. The Balaban J connectivity index is 1.61. The molecule has 0 fully saturated rings. The first-order valence-electron chi connectivity index (χ1n) is 5.81. The van der Waals surface area contributed by atoms with Crippen LogP contribution in [0, 0.1) is 6.92 Å². The van der Waals surface area contributed by atoms with E-state index in [0.717, 1.165) is 17.2 Å². The fourth-order valence-electron chi connectivity index (χ4n) is 1.87. The maximum absolute atomic E-state index is 11.9. The highest BCUT2D eigenvalue weighted by Crippen LogP contribution is 2.08. The second kappa shape index (κ2) is 4.81. The van der Waals surface area contributed by atoms with Crippen LogP contribution in [0.25, 0.3) is 5.65 Å². The standard InChI is InChI=1S/C11H12N6OS/c1-8-10(19-15-14-8)11(18)12-4-5-16-6-7-17-9(16)2-3-13-17/h2-3,6-7H,4-5H2,1H3,(H,12,18). The molecule has 0 aliphatic carbocycles. The molecule has 0 unspecified atom stereocenters. The molecule has 7 nitrogen and oxygen atoms in total. The molecule has 3 aromatic heterocycles. The molecule has 0 bridgehead atoms. The fourth-order valence-corrected chi connectivity index (χ4v) is 2.44. The summed E-state index contributed by atoms with van der Waals surface area (Å²) in [5.74, 6) is -0.121. The van der Waals surface area contributed by atoms with Crippen LogP contribution in [0.2, 0.25) is 0 Å². The van der Waals surface area contributed by atoms with E-state index in [2.05, 4.69) is 20.0 Å². The number of carbonyl (C=O) groups excluding carboxylic acids is 1. The first-order chi connectivity index (χ1) is 9.25. The third-order valence-corrected chi connectivity index (χ3v) is 3.65. The maximum Gasteiger partial charge on any atom is 0.265 e. The van der Waals surface area contributed by atoms with E-state index in [0.29, 0.717) is 23.7 Å². The number of hydrogen-bond donors (Lipinski definition) is 1. The lowest BCUT2D eigenvalue weighted by molar-refractivity contribution is 0.0955. The number of imidazole rings is 1. The largest absolute Gasteiger partial charge is 0.349 e. The van der Waals surface area contributed by atoms with E-state index < -0.39 is 0 Å². The van der Waals surface area contributed by atoms with Crippen molar-refractivity contribution >= 4 is 23.1 Å². The molecule has 3 rings (SSSR count). The topological polar surface area (TPSA) is 77.1 Å². The van der Waals surface area contributed by atoms with Gasteiger partial charge >= 0.3 is 0 Å². The van der Waals surface area contributed by atoms with Crippen molar-refractivity contribution < 1.29 is 4.79 Å². The van der Waals surface area contributed by atoms with Gasteiger partial charge < -0.3 is 9.88 Å². The van der Waals surface area contributed by atoms with Gasteiger partial charge in [0.05, 0.1) is 11.9 Å². The molecule has 3 heterocycles. The van der Waals surface area contributed by atoms with Crippen molar-refractivity contribution in [2.24, 2.45) is 0 Å². The van der Waals surface area contributed by atoms with Gasteiger partial charge in [-0.1, -0.05) is 4.49 Å². The third-order valence-electron chi connectivity index (χ3n) is 2.83. The van der Waals surface area contributed by atoms with Gasteiger partial charge in [0.1, 0.15) is 10.5 Å². The van der Waals surface area contributed by atoms with Gasteiger partial charge in [-0.15, -0.1) is 5.10 Å². The molecule has 0 saturated heterocycles. The van der Waals surface area contributed by atoms with Crippen molar-refractivity contribution in [1.82, 2.24) is 29.1 Å². The number of nitrogens with one attached hydrogen (secondary N) is 1. The van der Waals surface area contributed by atoms with Crippen LogP contribution in [-0.4, -0.2) is 36.2 Å². The Morgan fingerprint density at radius 3 is 3.16 bits per heavy atom. The summed E-state index contributed by atoms with van der Waals surface area (Å²) in [5.41, 5.74) is 1.67. The molecule has 1 N–H and O–H groups in total. The van der Waals surface area contributed by atoms with Gasteiger partial charge in [0.25, 0.3) is 5.91 Å². The van der Waals surface area contributed by atoms with Gasteiger partial charge in [-0.3, -0.25) is 4.79 Å². The summed E-state index contributed by atoms with van der Waals surface area (Å²) in [6.07, 6.45) is 5.57. The van der Waals surface area contributed by atoms with Crippen molar-refractivity contribution in [2.75, 3.05) is 6.54 Å². The summed E-state index contributed by atoms with van der Waals surface area (Å²) < 4.78 is 7.57. The Hall–Kier alpha value is -2.22. The van der Waals surface area contributed by atoms with Crippen LogP contribution in [0.5, 0.6) is 0 Å². The van der Waals surface area contributed by atoms with E-state index in [1.807, 2.05) is 23.0 Å². The van der Waals surface area contributed by atoms with Gasteiger partial charge in [-0.2, -0.15) is 5.10 Å². The molecule has 0 aliphatic rings. The predicted octanol–water partition coefficient (Wildman–Crippen LogP) is 0.726. The Morgan fingerprint density at radius 2 is 2.37 bits per heavy atom. The first-order valence-corrected chi connectivity index (χ1v) is 6.58. The quantitative estimate of drug-likeness (QED) is 0.762. The van der Waals surface area contributed by atoms with Crippen molar-refractivity contribution in [3.8, 4) is 0 Å². The lowest BCUT2D eigenvalue weighted by Crippen LogP contribution is -2.26. The van der Waals surface area contributed by atoms with Gasteiger partial charge in [-0.05, 0) is 18.5 Å². The number of hydrogen-bond acceptors (Lipinski definition) is 5. The summed E-state index contributed by atoms with van der Waals surface area (Å²) in [6, 6.07) is 1.93. The van der Waals surface area contributed by atoms with E-state index in [1.54, 1.807) is 17.6 Å². The number of carbonyl (C=O) groups is 1. The first kappa shape index (κ1) is 11.8. The van der Waals surface area contributed by atoms with Crippen LogP contribution in [0.1, 0.15) is 15.4 Å². The molecular weight excluding hydrogens is 264 g/mol. The lowest BCUT2D eigenvalue weighted by Gasteiger charge is -2.05. The van der Waals surface area contributed by atoms with Crippen LogP contribution in [-0.2, 0) is 6.54 Å². The molecule has 1 amide bonds. The van der Waals surface area contributed by atoms with Crippen molar-refractivity contribution in [3.63, 3.8) is 0 Å². The van der Waals surface area contributed by atoms with Crippen LogP contribution >= 0.6 is 11.5 Å². The number of aryl methyl sites for hydroxylation is 1. The minimum Gasteiger partial charge on any atom is -0.349 e. The number of fused-ring (bicyclic) bond motifs is 1. The van der Waals surface area contributed by atoms with Gasteiger partial charge in [-0.25, -0.2) is 4.52 Å². The van der Waals surface area contributed by atoms with Crippen molar-refractivity contribution in [1.29, 1.82) is 0 Å². The van der Waals surface area contributed by atoms with Crippen molar-refractivity contribution in [3.05, 3.63) is 35.2 Å². The average molecular weight is 276 g/mol. The molecule has 19 heavy (non-hydrogen) atoms. The molecule has 0 saturated carbocycles. The van der Waals surface area contributed by atoms with E-state index in [4.69, 9.17) is 0 Å². The summed E-state index contributed by atoms with van der Waals surface area (Å²) in [4.78, 5) is 12.4. The number of nitrogens with zero attached hydrogens (tertiary/aromatic N) is 5. The van der Waals surface area contributed by atoms with E-state index in [-0.39, 0.29) is 5.91 Å². The van der Waals surface area contributed by atoms with Gasteiger partial charge in [0.15, 0.2) is 0 Å². The van der Waals surface area contributed by atoms with Crippen LogP contribution in [0.15, 0.2) is 24.7 Å². The van der Waals surface area contributed by atoms with Crippen LogP contribution in [0.4, 0.5) is 0 Å². The molecule has 0 spiro atoms. The monoisotopic (exact) mass is 276 g/mol. The van der Waals surface area contributed by atoms with E-state index in [1.165, 1.54) is 0 Å². The highest BCUT2D eigenvalue weighted by atomic mass is 32.1. The minimum atomic E-state index is -0.121. The molecule has 3 aromatic rings. The molecule has 0 aromatic carbocycles. The zero-order chi connectivity index (χ0) is 13.2. The SMILES string of the molecule is Cc1nnsc1C(=O)NCCn1ccn2nccc12. The predicted molar refractivity (Wildman–Crippen MR) is 70.2 cm³/mol. The molecule has 0 radical (unpaired) electrons. The second-order valence-electron chi connectivity index (χ2n) is 4.07. The molecule has 0 atom stereocenters. The molecule has 98 valence electrons. The Labute approximate surface area is 113 Å². The summed E-state index contributed by atoms with van der Waals surface area (Å²) in [5, 5.41) is 10.8. The van der Waals surface area contributed by atoms with Crippen molar-refractivity contribution in [2.45, 2.75) is 13.5 Å². The highest BCUT2D eigenvalue weighted by Gasteiger charge is 2.12. The smallest absolute Gasteiger partial charge is 0.265 e. The van der Waals surface area contributed by atoms with E-state index >= 15 is 0 Å². The summed E-state index contributed by atoms with van der Waals surface area (Å²) in [7, 11) is 0. The Kier molecular flexibility index (Phi) is 3.00. The number of rotatable bonds is 4. The normalized spacial score (nSPS) is 11.0. The van der Waals surface area contributed by atoms with Gasteiger partial charge in [0.2, 0.25) is 0 Å². The number of aromatic nitrogens is 5.